The van der Waals surface area contributed by atoms with Gasteiger partial charge in [-0.1, -0.05) is 12.1 Å². The van der Waals surface area contributed by atoms with Crippen molar-refractivity contribution in [2.45, 2.75) is 31.6 Å². The van der Waals surface area contributed by atoms with E-state index in [0.717, 1.165) is 42.9 Å². The lowest BCUT2D eigenvalue weighted by Crippen LogP contribution is -2.29. The number of benzene rings is 1. The van der Waals surface area contributed by atoms with Gasteiger partial charge in [0.25, 0.3) is 0 Å². The summed E-state index contributed by atoms with van der Waals surface area (Å²) >= 11 is 0. The molecule has 2 aromatic rings. The molecule has 0 radical (unpaired) electrons. The molecule has 1 unspecified atom stereocenters. The van der Waals surface area contributed by atoms with Gasteiger partial charge in [0.15, 0.2) is 0 Å². The summed E-state index contributed by atoms with van der Waals surface area (Å²) in [6, 6.07) is 12.8. The Hall–Kier alpha value is -2.58. The SMILES string of the molecule is N#Cc1c(C2CCOC2)cc(-c2ccc(N3CCCCC3)cc2)nc1N. The Morgan fingerprint density at radius 1 is 1.15 bits per heavy atom. The summed E-state index contributed by atoms with van der Waals surface area (Å²) in [4.78, 5) is 6.93. The third-order valence-electron chi connectivity index (χ3n) is 5.44. The molecule has 3 heterocycles. The first-order chi connectivity index (χ1) is 12.8. The number of piperidine rings is 1. The summed E-state index contributed by atoms with van der Waals surface area (Å²) in [7, 11) is 0. The van der Waals surface area contributed by atoms with Crippen LogP contribution in [0.4, 0.5) is 11.5 Å². The highest BCUT2D eigenvalue weighted by Crippen LogP contribution is 2.33. The van der Waals surface area contributed by atoms with E-state index in [0.29, 0.717) is 18.0 Å². The number of hydrogen-bond donors (Lipinski definition) is 1. The third kappa shape index (κ3) is 3.25. The lowest BCUT2D eigenvalue weighted by atomic mass is 9.93. The molecule has 4 rings (SSSR count). The molecular formula is C21H24N4O. The number of nitrogen functional groups attached to an aromatic ring is 1. The van der Waals surface area contributed by atoms with Crippen LogP contribution >= 0.6 is 0 Å². The molecule has 0 bridgehead atoms. The Bertz CT molecular complexity index is 813. The van der Waals surface area contributed by atoms with Crippen molar-refractivity contribution in [3.05, 3.63) is 41.5 Å². The normalized spacial score (nSPS) is 20.1. The number of anilines is 2. The van der Waals surface area contributed by atoms with Crippen molar-refractivity contribution in [3.8, 4) is 17.3 Å². The van der Waals surface area contributed by atoms with E-state index < -0.39 is 0 Å². The number of hydrogen-bond acceptors (Lipinski definition) is 5. The number of ether oxygens (including phenoxy) is 1. The van der Waals surface area contributed by atoms with E-state index in [1.165, 1.54) is 24.9 Å². The van der Waals surface area contributed by atoms with Crippen LogP contribution in [0.5, 0.6) is 0 Å². The molecule has 2 fully saturated rings. The van der Waals surface area contributed by atoms with Crippen molar-refractivity contribution in [2.24, 2.45) is 0 Å². The van der Waals surface area contributed by atoms with Crippen molar-refractivity contribution >= 4 is 11.5 Å². The van der Waals surface area contributed by atoms with Crippen LogP contribution in [0.1, 0.15) is 42.7 Å². The van der Waals surface area contributed by atoms with Gasteiger partial charge in [-0.25, -0.2) is 4.98 Å². The summed E-state index contributed by atoms with van der Waals surface area (Å²) < 4.78 is 5.50. The van der Waals surface area contributed by atoms with Gasteiger partial charge in [-0.2, -0.15) is 5.26 Å². The Balaban J connectivity index is 1.65. The minimum Gasteiger partial charge on any atom is -0.383 e. The van der Waals surface area contributed by atoms with Crippen LogP contribution in [0.3, 0.4) is 0 Å². The van der Waals surface area contributed by atoms with E-state index in [9.17, 15) is 5.26 Å². The fraction of sp³-hybridized carbons (Fsp3) is 0.429. The number of nitrogens with zero attached hydrogens (tertiary/aromatic N) is 3. The lowest BCUT2D eigenvalue weighted by molar-refractivity contribution is 0.194. The number of nitrogens with two attached hydrogens (primary N) is 1. The Morgan fingerprint density at radius 3 is 2.58 bits per heavy atom. The van der Waals surface area contributed by atoms with E-state index in [1.54, 1.807) is 0 Å². The van der Waals surface area contributed by atoms with Crippen molar-refractivity contribution < 1.29 is 4.74 Å². The Morgan fingerprint density at radius 2 is 1.92 bits per heavy atom. The molecule has 1 atom stereocenters. The first kappa shape index (κ1) is 16.9. The first-order valence-corrected chi connectivity index (χ1v) is 9.40. The van der Waals surface area contributed by atoms with Gasteiger partial charge in [0.05, 0.1) is 17.9 Å². The second-order valence-corrected chi connectivity index (χ2v) is 7.12. The van der Waals surface area contributed by atoms with Gasteiger partial charge in [0, 0.05) is 36.9 Å². The molecule has 5 nitrogen and oxygen atoms in total. The third-order valence-corrected chi connectivity index (χ3v) is 5.44. The molecule has 0 aliphatic carbocycles. The van der Waals surface area contributed by atoms with Crippen molar-refractivity contribution in [3.63, 3.8) is 0 Å². The number of nitriles is 1. The molecule has 2 aliphatic heterocycles. The van der Waals surface area contributed by atoms with Crippen LogP contribution in [0.15, 0.2) is 30.3 Å². The molecule has 0 spiro atoms. The van der Waals surface area contributed by atoms with Crippen LogP contribution in [0.2, 0.25) is 0 Å². The highest BCUT2D eigenvalue weighted by atomic mass is 16.5. The largest absolute Gasteiger partial charge is 0.383 e. The summed E-state index contributed by atoms with van der Waals surface area (Å²) in [6.07, 6.45) is 4.78. The average molecular weight is 348 g/mol. The molecule has 0 amide bonds. The van der Waals surface area contributed by atoms with E-state index >= 15 is 0 Å². The van der Waals surface area contributed by atoms with E-state index in [4.69, 9.17) is 10.5 Å². The smallest absolute Gasteiger partial charge is 0.142 e. The van der Waals surface area contributed by atoms with Crippen molar-refractivity contribution in [1.29, 1.82) is 5.26 Å². The number of aromatic nitrogens is 1. The molecular weight excluding hydrogens is 324 g/mol. The highest BCUT2D eigenvalue weighted by Gasteiger charge is 2.23. The van der Waals surface area contributed by atoms with Gasteiger partial charge in [-0.05, 0) is 49.4 Å². The van der Waals surface area contributed by atoms with E-state index in [2.05, 4.69) is 40.2 Å². The predicted molar refractivity (Wildman–Crippen MR) is 103 cm³/mol. The maximum Gasteiger partial charge on any atom is 0.142 e. The Kier molecular flexibility index (Phi) is 4.77. The fourth-order valence-corrected chi connectivity index (χ4v) is 3.95. The minimum atomic E-state index is 0.223. The van der Waals surface area contributed by atoms with Gasteiger partial charge in [0.2, 0.25) is 0 Å². The molecule has 2 aliphatic rings. The van der Waals surface area contributed by atoms with Gasteiger partial charge in [-0.3, -0.25) is 0 Å². The maximum atomic E-state index is 9.49. The molecule has 2 saturated heterocycles. The van der Waals surface area contributed by atoms with Gasteiger partial charge in [0.1, 0.15) is 11.9 Å². The second kappa shape index (κ2) is 7.35. The van der Waals surface area contributed by atoms with Gasteiger partial charge >= 0.3 is 0 Å². The molecule has 1 aromatic carbocycles. The van der Waals surface area contributed by atoms with Crippen molar-refractivity contribution in [2.75, 3.05) is 36.9 Å². The summed E-state index contributed by atoms with van der Waals surface area (Å²) in [5.74, 6) is 0.535. The van der Waals surface area contributed by atoms with Crippen LogP contribution in [-0.2, 0) is 4.74 Å². The van der Waals surface area contributed by atoms with Gasteiger partial charge < -0.3 is 15.4 Å². The van der Waals surface area contributed by atoms with Crippen LogP contribution in [0.25, 0.3) is 11.3 Å². The summed E-state index contributed by atoms with van der Waals surface area (Å²) in [5.41, 5.74) is 10.7. The van der Waals surface area contributed by atoms with Crippen LogP contribution in [-0.4, -0.2) is 31.3 Å². The van der Waals surface area contributed by atoms with E-state index in [-0.39, 0.29) is 5.92 Å². The molecule has 0 saturated carbocycles. The Labute approximate surface area is 154 Å². The zero-order chi connectivity index (χ0) is 17.9. The van der Waals surface area contributed by atoms with Crippen molar-refractivity contribution in [1.82, 2.24) is 4.98 Å². The zero-order valence-corrected chi connectivity index (χ0v) is 14.9. The predicted octanol–water partition coefficient (Wildman–Crippen LogP) is 3.70. The topological polar surface area (TPSA) is 75.2 Å². The first-order valence-electron chi connectivity index (χ1n) is 9.40. The van der Waals surface area contributed by atoms with Crippen LogP contribution in [0, 0.1) is 11.3 Å². The number of rotatable bonds is 3. The minimum absolute atomic E-state index is 0.223. The molecule has 2 N–H and O–H groups in total. The maximum absolute atomic E-state index is 9.49. The monoisotopic (exact) mass is 348 g/mol. The second-order valence-electron chi connectivity index (χ2n) is 7.12. The summed E-state index contributed by atoms with van der Waals surface area (Å²) in [6.45, 7) is 3.64. The average Bonchev–Trinajstić information content (AvgIpc) is 3.23. The zero-order valence-electron chi connectivity index (χ0n) is 14.9. The van der Waals surface area contributed by atoms with Gasteiger partial charge in [-0.15, -0.1) is 0 Å². The standard InChI is InChI=1S/C21H24N4O/c22-13-19-18(16-8-11-26-14-16)12-20(24-21(19)23)15-4-6-17(7-5-15)25-9-2-1-3-10-25/h4-7,12,16H,1-3,8-11,14H2,(H2,23,24). The molecule has 134 valence electrons. The fourth-order valence-electron chi connectivity index (χ4n) is 3.95. The summed E-state index contributed by atoms with van der Waals surface area (Å²) in [5, 5.41) is 9.49. The lowest BCUT2D eigenvalue weighted by Gasteiger charge is -2.28. The molecule has 26 heavy (non-hydrogen) atoms. The highest BCUT2D eigenvalue weighted by molar-refractivity contribution is 5.68. The quantitative estimate of drug-likeness (QED) is 0.915. The number of pyridine rings is 1. The molecule has 1 aromatic heterocycles. The van der Waals surface area contributed by atoms with E-state index in [1.807, 2.05) is 6.07 Å². The molecule has 5 heteroatoms. The van der Waals surface area contributed by atoms with Crippen LogP contribution < -0.4 is 10.6 Å².